The summed E-state index contributed by atoms with van der Waals surface area (Å²) in [6.07, 6.45) is 4.31. The van der Waals surface area contributed by atoms with Crippen LogP contribution in [-0.2, 0) is 9.53 Å². The molecule has 2 rings (SSSR count). The zero-order valence-corrected chi connectivity index (χ0v) is 13.4. The number of hydrogen-bond acceptors (Lipinski definition) is 3. The third-order valence-corrected chi connectivity index (χ3v) is 4.64. The first-order valence-corrected chi connectivity index (χ1v) is 8.20. The average molecular weight is 282 g/mol. The summed E-state index contributed by atoms with van der Waals surface area (Å²) in [4.78, 5) is 14.8. The van der Waals surface area contributed by atoms with E-state index in [0.29, 0.717) is 17.7 Å². The second kappa shape index (κ2) is 6.90. The summed E-state index contributed by atoms with van der Waals surface area (Å²) in [6, 6.07) is 0.302. The predicted molar refractivity (Wildman–Crippen MR) is 80.3 cm³/mol. The summed E-state index contributed by atoms with van der Waals surface area (Å²) in [5.41, 5.74) is 0. The summed E-state index contributed by atoms with van der Waals surface area (Å²) >= 11 is 0. The first-order valence-electron chi connectivity index (χ1n) is 8.20. The van der Waals surface area contributed by atoms with Crippen LogP contribution in [0.2, 0.25) is 0 Å². The highest BCUT2D eigenvalue weighted by atomic mass is 16.5. The largest absolute Gasteiger partial charge is 0.381 e. The maximum atomic E-state index is 12.7. The second-order valence-corrected chi connectivity index (χ2v) is 6.76. The number of amides is 1. The van der Waals surface area contributed by atoms with E-state index in [1.54, 1.807) is 0 Å². The fraction of sp³-hybridized carbons (Fsp3) is 0.938. The van der Waals surface area contributed by atoms with Gasteiger partial charge in [-0.05, 0) is 32.1 Å². The van der Waals surface area contributed by atoms with Gasteiger partial charge in [-0.25, -0.2) is 0 Å². The van der Waals surface area contributed by atoms with Gasteiger partial charge in [0.25, 0.3) is 0 Å². The van der Waals surface area contributed by atoms with Crippen LogP contribution in [-0.4, -0.2) is 42.3 Å². The van der Waals surface area contributed by atoms with Gasteiger partial charge in [-0.3, -0.25) is 10.1 Å². The smallest absolute Gasteiger partial charge is 0.241 e. The van der Waals surface area contributed by atoms with Gasteiger partial charge in [-0.15, -0.1) is 0 Å². The molecule has 0 aromatic carbocycles. The molecule has 0 spiro atoms. The van der Waals surface area contributed by atoms with Gasteiger partial charge >= 0.3 is 0 Å². The average Bonchev–Trinajstić information content (AvgIpc) is 2.99. The number of nitrogens with zero attached hydrogens (tertiary/aromatic N) is 1. The Morgan fingerprint density at radius 1 is 1.40 bits per heavy atom. The molecule has 4 heteroatoms. The van der Waals surface area contributed by atoms with Crippen molar-refractivity contribution in [3.63, 3.8) is 0 Å². The first kappa shape index (κ1) is 15.8. The van der Waals surface area contributed by atoms with Crippen LogP contribution in [0, 0.1) is 11.8 Å². The van der Waals surface area contributed by atoms with Crippen molar-refractivity contribution in [3.8, 4) is 0 Å². The van der Waals surface area contributed by atoms with Gasteiger partial charge in [0.05, 0.1) is 18.8 Å². The minimum atomic E-state index is 0.0218. The number of hydrogen-bond donors (Lipinski definition) is 1. The van der Waals surface area contributed by atoms with Crippen molar-refractivity contribution in [2.24, 2.45) is 11.8 Å². The summed E-state index contributed by atoms with van der Waals surface area (Å²) < 4.78 is 5.51. The maximum absolute atomic E-state index is 12.7. The van der Waals surface area contributed by atoms with Crippen molar-refractivity contribution in [3.05, 3.63) is 0 Å². The standard InChI is InChI=1S/C16H30N2O2/c1-5-6-14-16(19)18(15(17-14)9-11(2)3)12(4)13-7-8-20-10-13/h11-15,17H,5-10H2,1-4H3. The highest BCUT2D eigenvalue weighted by Crippen LogP contribution is 2.28. The Morgan fingerprint density at radius 2 is 2.15 bits per heavy atom. The van der Waals surface area contributed by atoms with Crippen LogP contribution in [0.4, 0.5) is 0 Å². The molecule has 2 fully saturated rings. The zero-order valence-electron chi connectivity index (χ0n) is 13.4. The molecule has 116 valence electrons. The second-order valence-electron chi connectivity index (χ2n) is 6.76. The fourth-order valence-corrected chi connectivity index (χ4v) is 3.49. The Hall–Kier alpha value is -0.610. The topological polar surface area (TPSA) is 41.6 Å². The van der Waals surface area contributed by atoms with Gasteiger partial charge in [0.1, 0.15) is 0 Å². The maximum Gasteiger partial charge on any atom is 0.241 e. The molecule has 2 saturated heterocycles. The molecule has 2 aliphatic rings. The van der Waals surface area contributed by atoms with E-state index < -0.39 is 0 Å². The van der Waals surface area contributed by atoms with E-state index in [2.05, 4.69) is 37.9 Å². The quantitative estimate of drug-likeness (QED) is 0.813. The van der Waals surface area contributed by atoms with Crippen LogP contribution in [0.1, 0.15) is 53.4 Å². The Balaban J connectivity index is 2.09. The number of rotatable bonds is 6. The van der Waals surface area contributed by atoms with Gasteiger partial charge in [0, 0.05) is 18.6 Å². The van der Waals surface area contributed by atoms with Crippen LogP contribution in [0.3, 0.4) is 0 Å². The Labute approximate surface area is 123 Å². The molecule has 4 nitrogen and oxygen atoms in total. The number of ether oxygens (including phenoxy) is 1. The molecule has 4 atom stereocenters. The molecule has 1 N–H and O–H groups in total. The molecular formula is C16H30N2O2. The molecule has 0 aliphatic carbocycles. The Morgan fingerprint density at radius 3 is 2.70 bits per heavy atom. The van der Waals surface area contributed by atoms with Crippen molar-refractivity contribution in [2.45, 2.75) is 71.6 Å². The van der Waals surface area contributed by atoms with Crippen LogP contribution < -0.4 is 5.32 Å². The van der Waals surface area contributed by atoms with Crippen molar-refractivity contribution < 1.29 is 9.53 Å². The molecule has 20 heavy (non-hydrogen) atoms. The van der Waals surface area contributed by atoms with Crippen molar-refractivity contribution in [1.29, 1.82) is 0 Å². The van der Waals surface area contributed by atoms with Gasteiger partial charge < -0.3 is 9.64 Å². The van der Waals surface area contributed by atoms with Crippen LogP contribution in [0.5, 0.6) is 0 Å². The lowest BCUT2D eigenvalue weighted by Gasteiger charge is -2.34. The third kappa shape index (κ3) is 3.34. The molecule has 0 radical (unpaired) electrons. The molecule has 0 aromatic heterocycles. The van der Waals surface area contributed by atoms with E-state index >= 15 is 0 Å². The molecule has 0 saturated carbocycles. The van der Waals surface area contributed by atoms with Crippen LogP contribution in [0.15, 0.2) is 0 Å². The minimum absolute atomic E-state index is 0.0218. The van der Waals surface area contributed by atoms with E-state index in [9.17, 15) is 4.79 Å². The first-order chi connectivity index (χ1) is 9.54. The predicted octanol–water partition coefficient (Wildman–Crippen LogP) is 2.38. The molecule has 0 bridgehead atoms. The van der Waals surface area contributed by atoms with E-state index in [-0.39, 0.29) is 18.2 Å². The van der Waals surface area contributed by atoms with Crippen LogP contribution in [0.25, 0.3) is 0 Å². The SMILES string of the molecule is CCCC1NC(CC(C)C)N(C(C)C2CCOC2)C1=O. The summed E-state index contributed by atoms with van der Waals surface area (Å²) in [6.45, 7) is 10.4. The fourth-order valence-electron chi connectivity index (χ4n) is 3.49. The number of carbonyl (C=O) groups is 1. The minimum Gasteiger partial charge on any atom is -0.381 e. The lowest BCUT2D eigenvalue weighted by atomic mass is 9.97. The van der Waals surface area contributed by atoms with E-state index in [0.717, 1.165) is 38.9 Å². The molecule has 0 aromatic rings. The van der Waals surface area contributed by atoms with Crippen LogP contribution >= 0.6 is 0 Å². The van der Waals surface area contributed by atoms with E-state index in [1.165, 1.54) is 0 Å². The summed E-state index contributed by atoms with van der Waals surface area (Å²) in [5.74, 6) is 1.39. The molecular weight excluding hydrogens is 252 g/mol. The summed E-state index contributed by atoms with van der Waals surface area (Å²) in [5, 5.41) is 3.56. The molecule has 2 heterocycles. The normalized spacial score (nSPS) is 32.4. The molecule has 2 aliphatic heterocycles. The molecule has 1 amide bonds. The van der Waals surface area contributed by atoms with Gasteiger partial charge in [-0.2, -0.15) is 0 Å². The zero-order chi connectivity index (χ0) is 14.7. The number of carbonyl (C=O) groups excluding carboxylic acids is 1. The van der Waals surface area contributed by atoms with Crippen molar-refractivity contribution in [2.75, 3.05) is 13.2 Å². The van der Waals surface area contributed by atoms with Crippen molar-refractivity contribution in [1.82, 2.24) is 10.2 Å². The number of nitrogens with one attached hydrogen (secondary N) is 1. The highest BCUT2D eigenvalue weighted by molar-refractivity contribution is 5.84. The third-order valence-electron chi connectivity index (χ3n) is 4.64. The van der Waals surface area contributed by atoms with E-state index in [1.807, 2.05) is 0 Å². The Bertz CT molecular complexity index is 326. The monoisotopic (exact) mass is 282 g/mol. The highest BCUT2D eigenvalue weighted by Gasteiger charge is 2.43. The Kier molecular flexibility index (Phi) is 5.44. The van der Waals surface area contributed by atoms with Gasteiger partial charge in [0.15, 0.2) is 0 Å². The van der Waals surface area contributed by atoms with E-state index in [4.69, 9.17) is 4.74 Å². The van der Waals surface area contributed by atoms with Crippen molar-refractivity contribution >= 4 is 5.91 Å². The lowest BCUT2D eigenvalue weighted by Crippen LogP contribution is -2.47. The molecule has 4 unspecified atom stereocenters. The van der Waals surface area contributed by atoms with Gasteiger partial charge in [-0.1, -0.05) is 27.2 Å². The lowest BCUT2D eigenvalue weighted by molar-refractivity contribution is -0.133. The van der Waals surface area contributed by atoms with Gasteiger partial charge in [0.2, 0.25) is 5.91 Å². The summed E-state index contributed by atoms with van der Waals surface area (Å²) in [7, 11) is 0.